The van der Waals surface area contributed by atoms with E-state index in [0.717, 1.165) is 19.6 Å². The molecule has 4 aromatic rings. The van der Waals surface area contributed by atoms with Crippen LogP contribution < -0.4 is 20.5 Å². The lowest BCUT2D eigenvalue weighted by atomic mass is 10.1. The van der Waals surface area contributed by atoms with Crippen LogP contribution in [0.4, 0.5) is 19.1 Å². The van der Waals surface area contributed by atoms with Crippen LogP contribution in [0.5, 0.6) is 5.75 Å². The van der Waals surface area contributed by atoms with Crippen molar-refractivity contribution in [2.75, 3.05) is 24.5 Å². The van der Waals surface area contributed by atoms with Gasteiger partial charge in [-0.05, 0) is 25.1 Å². The van der Waals surface area contributed by atoms with Crippen LogP contribution in [0.25, 0.3) is 22.0 Å². The summed E-state index contributed by atoms with van der Waals surface area (Å²) in [6.45, 7) is 1.55. The number of benzene rings is 2. The highest BCUT2D eigenvalue weighted by Gasteiger charge is 2.20. The highest BCUT2D eigenvalue weighted by molar-refractivity contribution is 5.86. The van der Waals surface area contributed by atoms with E-state index in [4.69, 9.17) is 0 Å². The van der Waals surface area contributed by atoms with Gasteiger partial charge in [0.15, 0.2) is 0 Å². The minimum atomic E-state index is -2.98. The summed E-state index contributed by atoms with van der Waals surface area (Å²) in [6.07, 6.45) is 3.13. The number of anilines is 1. The molecule has 8 nitrogen and oxygen atoms in total. The molecule has 2 aromatic carbocycles. The molecular formula is C25H27Cl2F3N6O2. The van der Waals surface area contributed by atoms with Crippen LogP contribution in [0.2, 0.25) is 0 Å². The molecule has 0 bridgehead atoms. The Morgan fingerprint density at radius 3 is 2.55 bits per heavy atom. The number of para-hydroxylation sites is 1. The fourth-order valence-electron chi connectivity index (χ4n) is 4.55. The van der Waals surface area contributed by atoms with Crippen LogP contribution >= 0.6 is 24.8 Å². The van der Waals surface area contributed by atoms with Crippen LogP contribution in [0.15, 0.2) is 53.6 Å². The number of hydrogen-bond acceptors (Lipinski definition) is 6. The largest absolute Gasteiger partial charge is 0.434 e. The molecule has 1 fully saturated rings. The minimum Gasteiger partial charge on any atom is -0.434 e. The zero-order valence-electron chi connectivity index (χ0n) is 20.6. The number of fused-ring (bicyclic) bond motifs is 1. The van der Waals surface area contributed by atoms with Crippen LogP contribution in [-0.2, 0) is 13.6 Å². The number of aromatic nitrogens is 4. The van der Waals surface area contributed by atoms with E-state index in [2.05, 4.69) is 31.8 Å². The zero-order valence-corrected chi connectivity index (χ0v) is 22.2. The molecule has 2 aromatic heterocycles. The van der Waals surface area contributed by atoms with Crippen molar-refractivity contribution in [3.63, 3.8) is 0 Å². The van der Waals surface area contributed by atoms with E-state index < -0.39 is 18.0 Å². The van der Waals surface area contributed by atoms with E-state index >= 15 is 4.39 Å². The summed E-state index contributed by atoms with van der Waals surface area (Å²) >= 11 is 0. The number of hydrogen-bond donors (Lipinski definition) is 1. The van der Waals surface area contributed by atoms with E-state index in [1.807, 2.05) is 0 Å². The number of halogens is 5. The number of alkyl halides is 2. The second-order valence-electron chi connectivity index (χ2n) is 8.79. The first-order valence-electron chi connectivity index (χ1n) is 11.5. The molecule has 13 heteroatoms. The van der Waals surface area contributed by atoms with Gasteiger partial charge in [0.1, 0.15) is 11.6 Å². The molecule has 0 aliphatic carbocycles. The van der Waals surface area contributed by atoms with Crippen molar-refractivity contribution in [2.45, 2.75) is 26.1 Å². The van der Waals surface area contributed by atoms with Gasteiger partial charge in [-0.15, -0.1) is 24.8 Å². The average Bonchev–Trinajstić information content (AvgIpc) is 3.08. The number of piperazine rings is 1. The summed E-state index contributed by atoms with van der Waals surface area (Å²) in [5.41, 5.74) is 1.20. The summed E-state index contributed by atoms with van der Waals surface area (Å²) in [6, 6.07) is 9.43. The standard InChI is InChI=1S/C25H25F3N6O2.2ClH/c1-15-13-33(8-7-29-15)25-30-11-17(12-31-25)18-10-21-19(9-20(18)26)23(35)32(2)34(21)14-16-5-3-4-6-22(16)36-24(27)28;;/h3-6,9-12,15,24,29H,7-8,13-14H2,1-2H3;2*1H/t15-;;/m1../s1. The van der Waals surface area contributed by atoms with Gasteiger partial charge in [0.05, 0.1) is 17.4 Å². The average molecular weight is 571 g/mol. The molecule has 1 aliphatic rings. The SMILES string of the molecule is C[C@@H]1CN(c2ncc(-c3cc4c(cc3F)c(=O)n(C)n4Cc3ccccc3OC(F)F)cn2)CCN1.Cl.Cl. The van der Waals surface area contributed by atoms with Gasteiger partial charge < -0.3 is 15.0 Å². The fourth-order valence-corrected chi connectivity index (χ4v) is 4.55. The summed E-state index contributed by atoms with van der Waals surface area (Å²) in [4.78, 5) is 23.8. The molecule has 1 N–H and O–H groups in total. The lowest BCUT2D eigenvalue weighted by Gasteiger charge is -2.31. The van der Waals surface area contributed by atoms with Gasteiger partial charge in [-0.25, -0.2) is 14.4 Å². The van der Waals surface area contributed by atoms with Gasteiger partial charge in [-0.3, -0.25) is 14.2 Å². The van der Waals surface area contributed by atoms with E-state index in [-0.39, 0.29) is 48.1 Å². The maximum Gasteiger partial charge on any atom is 0.387 e. The molecule has 0 unspecified atom stereocenters. The molecule has 0 radical (unpaired) electrons. The zero-order chi connectivity index (χ0) is 25.4. The van der Waals surface area contributed by atoms with Crippen molar-refractivity contribution in [1.82, 2.24) is 24.6 Å². The Morgan fingerprint density at radius 1 is 1.16 bits per heavy atom. The molecule has 1 saturated heterocycles. The van der Waals surface area contributed by atoms with Gasteiger partial charge in [-0.1, -0.05) is 18.2 Å². The molecular weight excluding hydrogens is 544 g/mol. The summed E-state index contributed by atoms with van der Waals surface area (Å²) in [5, 5.41) is 3.54. The molecule has 0 amide bonds. The first-order valence-corrected chi connectivity index (χ1v) is 11.5. The fraction of sp³-hybridized carbons (Fsp3) is 0.320. The molecule has 38 heavy (non-hydrogen) atoms. The minimum absolute atomic E-state index is 0. The highest BCUT2D eigenvalue weighted by Crippen LogP contribution is 2.28. The third-order valence-electron chi connectivity index (χ3n) is 6.36. The molecule has 0 saturated carbocycles. The monoisotopic (exact) mass is 570 g/mol. The normalized spacial score (nSPS) is 15.3. The number of rotatable bonds is 6. The molecule has 1 atom stereocenters. The Bertz CT molecular complexity index is 1460. The second-order valence-corrected chi connectivity index (χ2v) is 8.79. The molecule has 5 rings (SSSR count). The topological polar surface area (TPSA) is 77.2 Å². The van der Waals surface area contributed by atoms with Crippen LogP contribution in [0.1, 0.15) is 12.5 Å². The van der Waals surface area contributed by atoms with E-state index in [1.165, 1.54) is 16.8 Å². The molecule has 0 spiro atoms. The lowest BCUT2D eigenvalue weighted by molar-refractivity contribution is -0.0505. The van der Waals surface area contributed by atoms with Crippen LogP contribution in [-0.4, -0.2) is 51.6 Å². The summed E-state index contributed by atoms with van der Waals surface area (Å²) in [7, 11) is 1.54. The van der Waals surface area contributed by atoms with Crippen molar-refractivity contribution in [3.05, 3.63) is 70.5 Å². The van der Waals surface area contributed by atoms with Crippen LogP contribution in [0.3, 0.4) is 0 Å². The van der Waals surface area contributed by atoms with E-state index in [0.29, 0.717) is 28.6 Å². The molecule has 3 heterocycles. The Kier molecular flexibility index (Phi) is 9.29. The van der Waals surface area contributed by atoms with Crippen molar-refractivity contribution in [2.24, 2.45) is 7.05 Å². The third-order valence-corrected chi connectivity index (χ3v) is 6.36. The summed E-state index contributed by atoms with van der Waals surface area (Å²) < 4.78 is 48.5. The Balaban J connectivity index is 0.00000200. The maximum atomic E-state index is 15.1. The van der Waals surface area contributed by atoms with E-state index in [1.54, 1.807) is 48.4 Å². The Morgan fingerprint density at radius 2 is 1.87 bits per heavy atom. The predicted octanol–water partition coefficient (Wildman–Crippen LogP) is 4.23. The van der Waals surface area contributed by atoms with Gasteiger partial charge in [0.2, 0.25) is 5.95 Å². The van der Waals surface area contributed by atoms with Crippen molar-refractivity contribution >= 4 is 41.7 Å². The smallest absolute Gasteiger partial charge is 0.387 e. The number of nitrogens with zero attached hydrogens (tertiary/aromatic N) is 5. The number of ether oxygens (including phenoxy) is 1. The second kappa shape index (κ2) is 12.1. The molecule has 1 aliphatic heterocycles. The highest BCUT2D eigenvalue weighted by atomic mass is 35.5. The van der Waals surface area contributed by atoms with Crippen molar-refractivity contribution < 1.29 is 17.9 Å². The molecule has 204 valence electrons. The van der Waals surface area contributed by atoms with Gasteiger partial charge in [0.25, 0.3) is 5.56 Å². The number of nitrogens with one attached hydrogen (secondary N) is 1. The predicted molar refractivity (Wildman–Crippen MR) is 145 cm³/mol. The summed E-state index contributed by atoms with van der Waals surface area (Å²) in [5.74, 6) is 0.00197. The van der Waals surface area contributed by atoms with Gasteiger partial charge in [-0.2, -0.15) is 8.78 Å². The van der Waals surface area contributed by atoms with Crippen LogP contribution in [0, 0.1) is 5.82 Å². The first-order chi connectivity index (χ1) is 17.3. The Hall–Kier alpha value is -3.28. The third kappa shape index (κ3) is 5.74. The lowest BCUT2D eigenvalue weighted by Crippen LogP contribution is -2.49. The van der Waals surface area contributed by atoms with Gasteiger partial charge >= 0.3 is 6.61 Å². The first kappa shape index (κ1) is 29.3. The Labute approximate surface area is 229 Å². The van der Waals surface area contributed by atoms with Gasteiger partial charge in [0, 0.05) is 61.8 Å². The van der Waals surface area contributed by atoms with Crippen molar-refractivity contribution in [1.29, 1.82) is 0 Å². The van der Waals surface area contributed by atoms with E-state index in [9.17, 15) is 13.6 Å². The maximum absolute atomic E-state index is 15.1. The quantitative estimate of drug-likeness (QED) is 0.374. The van der Waals surface area contributed by atoms with Crippen molar-refractivity contribution in [3.8, 4) is 16.9 Å².